The molecule has 106 valence electrons. The van der Waals surface area contributed by atoms with Crippen molar-refractivity contribution in [2.75, 3.05) is 24.2 Å². The molecular formula is C14H18N4O2. The molecule has 0 spiro atoms. The van der Waals surface area contributed by atoms with Gasteiger partial charge in [0, 0.05) is 12.6 Å². The second-order valence-corrected chi connectivity index (χ2v) is 3.99. The SMILES string of the molecule is CCNc1cc(Oc2ccc(OCC)cc2)nc(N)n1. The number of aromatic nitrogens is 2. The van der Waals surface area contributed by atoms with Gasteiger partial charge in [-0.15, -0.1) is 0 Å². The zero-order valence-electron chi connectivity index (χ0n) is 11.6. The minimum atomic E-state index is 0.171. The van der Waals surface area contributed by atoms with E-state index in [0.717, 1.165) is 12.3 Å². The van der Waals surface area contributed by atoms with E-state index in [1.807, 2.05) is 38.1 Å². The van der Waals surface area contributed by atoms with Crippen LogP contribution >= 0.6 is 0 Å². The molecule has 0 saturated carbocycles. The largest absolute Gasteiger partial charge is 0.494 e. The highest BCUT2D eigenvalue weighted by Crippen LogP contribution is 2.24. The van der Waals surface area contributed by atoms with E-state index in [2.05, 4.69) is 15.3 Å². The maximum atomic E-state index is 5.65. The van der Waals surface area contributed by atoms with Gasteiger partial charge in [0.05, 0.1) is 6.61 Å². The third kappa shape index (κ3) is 3.74. The van der Waals surface area contributed by atoms with Crippen molar-refractivity contribution in [3.05, 3.63) is 30.3 Å². The summed E-state index contributed by atoms with van der Waals surface area (Å²) < 4.78 is 11.0. The molecule has 1 aromatic carbocycles. The van der Waals surface area contributed by atoms with Crippen molar-refractivity contribution in [1.82, 2.24) is 9.97 Å². The lowest BCUT2D eigenvalue weighted by Crippen LogP contribution is -2.04. The van der Waals surface area contributed by atoms with E-state index >= 15 is 0 Å². The molecule has 0 aliphatic carbocycles. The summed E-state index contributed by atoms with van der Waals surface area (Å²) in [5.74, 6) is 2.67. The monoisotopic (exact) mass is 274 g/mol. The van der Waals surface area contributed by atoms with Gasteiger partial charge in [0.1, 0.15) is 17.3 Å². The second kappa shape index (κ2) is 6.60. The summed E-state index contributed by atoms with van der Waals surface area (Å²) in [7, 11) is 0. The van der Waals surface area contributed by atoms with E-state index in [1.54, 1.807) is 6.07 Å². The van der Waals surface area contributed by atoms with Gasteiger partial charge in [-0.2, -0.15) is 9.97 Å². The van der Waals surface area contributed by atoms with Gasteiger partial charge >= 0.3 is 0 Å². The van der Waals surface area contributed by atoms with Gasteiger partial charge in [-0.05, 0) is 38.1 Å². The van der Waals surface area contributed by atoms with Crippen LogP contribution in [0.2, 0.25) is 0 Å². The predicted octanol–water partition coefficient (Wildman–Crippen LogP) is 2.68. The normalized spacial score (nSPS) is 10.1. The Morgan fingerprint density at radius 1 is 1.10 bits per heavy atom. The molecule has 0 bridgehead atoms. The van der Waals surface area contributed by atoms with Crippen LogP contribution in [0.15, 0.2) is 30.3 Å². The van der Waals surface area contributed by atoms with Crippen LogP contribution in [-0.4, -0.2) is 23.1 Å². The molecule has 0 amide bonds. The highest BCUT2D eigenvalue weighted by atomic mass is 16.5. The molecule has 0 fully saturated rings. The molecule has 0 atom stereocenters. The van der Waals surface area contributed by atoms with E-state index in [1.165, 1.54) is 0 Å². The van der Waals surface area contributed by atoms with E-state index in [0.29, 0.717) is 24.1 Å². The van der Waals surface area contributed by atoms with Crippen molar-refractivity contribution < 1.29 is 9.47 Å². The number of nitrogen functional groups attached to an aromatic ring is 1. The fraction of sp³-hybridized carbons (Fsp3) is 0.286. The van der Waals surface area contributed by atoms with Crippen LogP contribution in [0, 0.1) is 0 Å². The number of nitrogens with zero attached hydrogens (tertiary/aromatic N) is 2. The van der Waals surface area contributed by atoms with Crippen molar-refractivity contribution in [2.45, 2.75) is 13.8 Å². The van der Waals surface area contributed by atoms with Gasteiger partial charge in [-0.25, -0.2) is 0 Å². The molecule has 2 rings (SSSR count). The van der Waals surface area contributed by atoms with Crippen molar-refractivity contribution in [3.8, 4) is 17.4 Å². The second-order valence-electron chi connectivity index (χ2n) is 3.99. The lowest BCUT2D eigenvalue weighted by atomic mass is 10.3. The first-order valence-electron chi connectivity index (χ1n) is 6.50. The first kappa shape index (κ1) is 13.9. The smallest absolute Gasteiger partial charge is 0.226 e. The number of benzene rings is 1. The highest BCUT2D eigenvalue weighted by Gasteiger charge is 2.04. The molecule has 1 aromatic heterocycles. The number of ether oxygens (including phenoxy) is 2. The summed E-state index contributed by atoms with van der Waals surface area (Å²) in [6.07, 6.45) is 0. The zero-order chi connectivity index (χ0) is 14.4. The number of anilines is 2. The minimum absolute atomic E-state index is 0.171. The summed E-state index contributed by atoms with van der Waals surface area (Å²) in [4.78, 5) is 8.10. The van der Waals surface area contributed by atoms with Gasteiger partial charge in [0.2, 0.25) is 11.8 Å². The van der Waals surface area contributed by atoms with Crippen molar-refractivity contribution in [3.63, 3.8) is 0 Å². The lowest BCUT2D eigenvalue weighted by molar-refractivity contribution is 0.339. The molecule has 1 heterocycles. The standard InChI is InChI=1S/C14H18N4O2/c1-3-16-12-9-13(18-14(15)17-12)20-11-7-5-10(6-8-11)19-4-2/h5-9H,3-4H2,1-2H3,(H3,15,16,17,18). The van der Waals surface area contributed by atoms with E-state index in [-0.39, 0.29) is 5.95 Å². The Morgan fingerprint density at radius 2 is 1.80 bits per heavy atom. The Bertz CT molecular complexity index is 558. The molecule has 0 aliphatic rings. The Balaban J connectivity index is 2.12. The zero-order valence-corrected chi connectivity index (χ0v) is 11.6. The summed E-state index contributed by atoms with van der Waals surface area (Å²) in [6.45, 7) is 5.30. The first-order chi connectivity index (χ1) is 9.71. The van der Waals surface area contributed by atoms with Crippen LogP contribution in [0.4, 0.5) is 11.8 Å². The summed E-state index contributed by atoms with van der Waals surface area (Å²) in [5.41, 5.74) is 5.64. The van der Waals surface area contributed by atoms with E-state index in [4.69, 9.17) is 15.2 Å². The number of hydrogen-bond acceptors (Lipinski definition) is 6. The topological polar surface area (TPSA) is 82.3 Å². The Labute approximate surface area is 118 Å². The third-order valence-electron chi connectivity index (χ3n) is 2.43. The van der Waals surface area contributed by atoms with Crippen molar-refractivity contribution >= 4 is 11.8 Å². The van der Waals surface area contributed by atoms with Crippen LogP contribution < -0.4 is 20.5 Å². The summed E-state index contributed by atoms with van der Waals surface area (Å²) in [5, 5.41) is 3.07. The summed E-state index contributed by atoms with van der Waals surface area (Å²) >= 11 is 0. The van der Waals surface area contributed by atoms with Crippen LogP contribution in [0.5, 0.6) is 17.4 Å². The van der Waals surface area contributed by atoms with Crippen LogP contribution in [0.3, 0.4) is 0 Å². The van der Waals surface area contributed by atoms with Crippen LogP contribution in [-0.2, 0) is 0 Å². The molecule has 0 radical (unpaired) electrons. The number of nitrogens with two attached hydrogens (primary N) is 1. The van der Waals surface area contributed by atoms with Crippen LogP contribution in [0.1, 0.15) is 13.8 Å². The molecule has 6 nitrogen and oxygen atoms in total. The first-order valence-corrected chi connectivity index (χ1v) is 6.50. The van der Waals surface area contributed by atoms with Gasteiger partial charge < -0.3 is 20.5 Å². The Kier molecular flexibility index (Phi) is 4.60. The molecule has 0 saturated heterocycles. The third-order valence-corrected chi connectivity index (χ3v) is 2.43. The fourth-order valence-electron chi connectivity index (χ4n) is 1.66. The predicted molar refractivity (Wildman–Crippen MR) is 78.3 cm³/mol. The summed E-state index contributed by atoms with van der Waals surface area (Å²) in [6, 6.07) is 9.02. The average molecular weight is 274 g/mol. The average Bonchev–Trinajstić information content (AvgIpc) is 2.41. The molecule has 6 heteroatoms. The molecule has 3 N–H and O–H groups in total. The van der Waals surface area contributed by atoms with Gasteiger partial charge in [-0.1, -0.05) is 0 Å². The molecular weight excluding hydrogens is 256 g/mol. The Hall–Kier alpha value is -2.50. The van der Waals surface area contributed by atoms with E-state index < -0.39 is 0 Å². The number of nitrogens with one attached hydrogen (secondary N) is 1. The van der Waals surface area contributed by atoms with Crippen LogP contribution in [0.25, 0.3) is 0 Å². The van der Waals surface area contributed by atoms with Gasteiger partial charge in [0.25, 0.3) is 0 Å². The number of hydrogen-bond donors (Lipinski definition) is 2. The van der Waals surface area contributed by atoms with Gasteiger partial charge in [0.15, 0.2) is 0 Å². The van der Waals surface area contributed by atoms with Gasteiger partial charge in [-0.3, -0.25) is 0 Å². The number of rotatable bonds is 6. The van der Waals surface area contributed by atoms with E-state index in [9.17, 15) is 0 Å². The Morgan fingerprint density at radius 3 is 2.45 bits per heavy atom. The molecule has 0 unspecified atom stereocenters. The minimum Gasteiger partial charge on any atom is -0.494 e. The lowest BCUT2D eigenvalue weighted by Gasteiger charge is -2.09. The maximum Gasteiger partial charge on any atom is 0.226 e. The highest BCUT2D eigenvalue weighted by molar-refractivity contribution is 5.44. The van der Waals surface area contributed by atoms with Crippen molar-refractivity contribution in [1.29, 1.82) is 0 Å². The molecule has 20 heavy (non-hydrogen) atoms. The fourth-order valence-corrected chi connectivity index (χ4v) is 1.66. The van der Waals surface area contributed by atoms with Crippen molar-refractivity contribution in [2.24, 2.45) is 0 Å². The molecule has 0 aliphatic heterocycles. The maximum absolute atomic E-state index is 5.65. The molecule has 2 aromatic rings. The quantitative estimate of drug-likeness (QED) is 0.842.